The molecule has 0 unspecified atom stereocenters. The summed E-state index contributed by atoms with van der Waals surface area (Å²) < 4.78 is 7.44. The summed E-state index contributed by atoms with van der Waals surface area (Å²) in [4.78, 5) is 16.4. The largest absolute Gasteiger partial charge is 0.484 e. The van der Waals surface area contributed by atoms with Crippen LogP contribution < -0.4 is 10.1 Å². The lowest BCUT2D eigenvalue weighted by Gasteiger charge is -2.08. The second-order valence-corrected chi connectivity index (χ2v) is 5.45. The van der Waals surface area contributed by atoms with Gasteiger partial charge in [-0.2, -0.15) is 0 Å². The van der Waals surface area contributed by atoms with Gasteiger partial charge in [0.05, 0.1) is 17.6 Å². The zero-order valence-corrected chi connectivity index (χ0v) is 13.2. The Morgan fingerprint density at radius 1 is 1.17 bits per heavy atom. The Bertz CT molecular complexity index is 822. The van der Waals surface area contributed by atoms with E-state index in [0.29, 0.717) is 12.3 Å². The molecular formula is C18H19N3O2. The van der Waals surface area contributed by atoms with E-state index in [9.17, 15) is 4.79 Å². The minimum absolute atomic E-state index is 0.00694. The summed E-state index contributed by atoms with van der Waals surface area (Å²) in [6.45, 7) is 2.38. The van der Waals surface area contributed by atoms with E-state index in [2.05, 4.69) is 10.3 Å². The van der Waals surface area contributed by atoms with Crippen LogP contribution in [0.2, 0.25) is 0 Å². The molecule has 5 nitrogen and oxygen atoms in total. The van der Waals surface area contributed by atoms with E-state index in [0.717, 1.165) is 22.4 Å². The van der Waals surface area contributed by atoms with Gasteiger partial charge in [-0.05, 0) is 31.2 Å². The lowest BCUT2D eigenvalue weighted by Crippen LogP contribution is -2.29. The Labute approximate surface area is 134 Å². The average molecular weight is 309 g/mol. The molecule has 2 aromatic carbocycles. The maximum Gasteiger partial charge on any atom is 0.258 e. The number of ether oxygens (including phenoxy) is 1. The standard InChI is InChI=1S/C18H19N3O2/c1-13-7-9-14(10-8-13)23-12-18(22)19-11-17-20-15-5-3-4-6-16(15)21(17)2/h3-10H,11-12H2,1-2H3,(H,19,22). The number of imidazole rings is 1. The molecule has 0 radical (unpaired) electrons. The van der Waals surface area contributed by atoms with Gasteiger partial charge in [0, 0.05) is 7.05 Å². The molecule has 5 heteroatoms. The molecule has 0 saturated carbocycles. The van der Waals surface area contributed by atoms with E-state index in [1.807, 2.05) is 67.1 Å². The van der Waals surface area contributed by atoms with Crippen molar-refractivity contribution in [3.63, 3.8) is 0 Å². The topological polar surface area (TPSA) is 56.1 Å². The van der Waals surface area contributed by atoms with Crippen LogP contribution in [0.15, 0.2) is 48.5 Å². The van der Waals surface area contributed by atoms with Crippen LogP contribution in [0, 0.1) is 6.92 Å². The fraction of sp³-hybridized carbons (Fsp3) is 0.222. The zero-order valence-electron chi connectivity index (χ0n) is 13.2. The number of fused-ring (bicyclic) bond motifs is 1. The molecule has 3 rings (SSSR count). The Hall–Kier alpha value is -2.82. The number of aromatic nitrogens is 2. The number of benzene rings is 2. The fourth-order valence-corrected chi connectivity index (χ4v) is 2.37. The van der Waals surface area contributed by atoms with Crippen LogP contribution in [0.1, 0.15) is 11.4 Å². The molecule has 0 aliphatic heterocycles. The number of hydrogen-bond acceptors (Lipinski definition) is 3. The van der Waals surface area contributed by atoms with E-state index in [4.69, 9.17) is 4.74 Å². The third kappa shape index (κ3) is 3.51. The van der Waals surface area contributed by atoms with Crippen molar-refractivity contribution in [2.24, 2.45) is 7.05 Å². The van der Waals surface area contributed by atoms with Crippen LogP contribution in [-0.4, -0.2) is 22.1 Å². The van der Waals surface area contributed by atoms with Gasteiger partial charge in [0.2, 0.25) is 0 Å². The first-order valence-electron chi connectivity index (χ1n) is 7.50. The molecule has 0 aliphatic carbocycles. The highest BCUT2D eigenvalue weighted by molar-refractivity contribution is 5.78. The van der Waals surface area contributed by atoms with Gasteiger partial charge in [0.15, 0.2) is 6.61 Å². The maximum absolute atomic E-state index is 11.9. The van der Waals surface area contributed by atoms with Gasteiger partial charge in [0.25, 0.3) is 5.91 Å². The Kier molecular flexibility index (Phi) is 4.28. The Balaban J connectivity index is 1.55. The van der Waals surface area contributed by atoms with Crippen molar-refractivity contribution in [1.82, 2.24) is 14.9 Å². The van der Waals surface area contributed by atoms with Crippen molar-refractivity contribution in [3.8, 4) is 5.75 Å². The van der Waals surface area contributed by atoms with E-state index < -0.39 is 0 Å². The Morgan fingerprint density at radius 2 is 1.91 bits per heavy atom. The quantitative estimate of drug-likeness (QED) is 0.788. The number of rotatable bonds is 5. The van der Waals surface area contributed by atoms with Gasteiger partial charge in [-0.1, -0.05) is 29.8 Å². The van der Waals surface area contributed by atoms with Crippen LogP contribution in [0.25, 0.3) is 11.0 Å². The SMILES string of the molecule is Cc1ccc(OCC(=O)NCc2nc3ccccc3n2C)cc1. The second-order valence-electron chi connectivity index (χ2n) is 5.45. The predicted octanol–water partition coefficient (Wildman–Crippen LogP) is 2.58. The molecule has 0 spiro atoms. The zero-order chi connectivity index (χ0) is 16.2. The van der Waals surface area contributed by atoms with E-state index in [-0.39, 0.29) is 12.5 Å². The number of carbonyl (C=O) groups excluding carboxylic acids is 1. The van der Waals surface area contributed by atoms with Crippen LogP contribution in [0.4, 0.5) is 0 Å². The molecule has 1 N–H and O–H groups in total. The lowest BCUT2D eigenvalue weighted by atomic mass is 10.2. The summed E-state index contributed by atoms with van der Waals surface area (Å²) in [5.41, 5.74) is 3.13. The molecule has 0 fully saturated rings. The summed E-state index contributed by atoms with van der Waals surface area (Å²) in [6, 6.07) is 15.5. The number of amides is 1. The Morgan fingerprint density at radius 3 is 2.65 bits per heavy atom. The van der Waals surface area contributed by atoms with E-state index >= 15 is 0 Å². The summed E-state index contributed by atoms with van der Waals surface area (Å²) >= 11 is 0. The highest BCUT2D eigenvalue weighted by Crippen LogP contribution is 2.14. The first-order valence-corrected chi connectivity index (χ1v) is 7.50. The third-order valence-corrected chi connectivity index (χ3v) is 3.71. The van der Waals surface area contributed by atoms with E-state index in [1.54, 1.807) is 0 Å². The molecule has 1 aromatic heterocycles. The molecule has 1 heterocycles. The van der Waals surface area contributed by atoms with Crippen LogP contribution >= 0.6 is 0 Å². The molecule has 118 valence electrons. The van der Waals surface area contributed by atoms with Gasteiger partial charge >= 0.3 is 0 Å². The van der Waals surface area contributed by atoms with Gasteiger partial charge in [-0.3, -0.25) is 4.79 Å². The van der Waals surface area contributed by atoms with Crippen molar-refractivity contribution in [2.75, 3.05) is 6.61 Å². The summed E-state index contributed by atoms with van der Waals surface area (Å²) in [5.74, 6) is 1.33. The summed E-state index contributed by atoms with van der Waals surface area (Å²) in [7, 11) is 1.94. The predicted molar refractivity (Wildman–Crippen MR) is 89.2 cm³/mol. The second kappa shape index (κ2) is 6.52. The highest BCUT2D eigenvalue weighted by atomic mass is 16.5. The monoisotopic (exact) mass is 309 g/mol. The first kappa shape index (κ1) is 15.1. The molecule has 0 saturated heterocycles. The van der Waals surface area contributed by atoms with Gasteiger partial charge in [-0.15, -0.1) is 0 Å². The minimum atomic E-state index is -0.169. The first-order chi connectivity index (χ1) is 11.1. The van der Waals surface area contributed by atoms with Crippen LogP contribution in [0.3, 0.4) is 0 Å². The fourth-order valence-electron chi connectivity index (χ4n) is 2.37. The van der Waals surface area contributed by atoms with Crippen molar-refractivity contribution in [3.05, 3.63) is 59.9 Å². The van der Waals surface area contributed by atoms with Crippen molar-refractivity contribution in [2.45, 2.75) is 13.5 Å². The number of nitrogens with one attached hydrogen (secondary N) is 1. The molecule has 0 aliphatic rings. The van der Waals surface area contributed by atoms with Gasteiger partial charge < -0.3 is 14.6 Å². The van der Waals surface area contributed by atoms with Crippen molar-refractivity contribution < 1.29 is 9.53 Å². The summed E-state index contributed by atoms with van der Waals surface area (Å²) in [5, 5.41) is 2.84. The number of para-hydroxylation sites is 2. The lowest BCUT2D eigenvalue weighted by molar-refractivity contribution is -0.123. The van der Waals surface area contributed by atoms with Crippen molar-refractivity contribution in [1.29, 1.82) is 0 Å². The number of hydrogen-bond donors (Lipinski definition) is 1. The van der Waals surface area contributed by atoms with Gasteiger partial charge in [0.1, 0.15) is 11.6 Å². The van der Waals surface area contributed by atoms with Crippen molar-refractivity contribution >= 4 is 16.9 Å². The number of nitrogens with zero attached hydrogens (tertiary/aromatic N) is 2. The summed E-state index contributed by atoms with van der Waals surface area (Å²) in [6.07, 6.45) is 0. The van der Waals surface area contributed by atoms with Crippen LogP contribution in [0.5, 0.6) is 5.75 Å². The molecule has 23 heavy (non-hydrogen) atoms. The van der Waals surface area contributed by atoms with Crippen LogP contribution in [-0.2, 0) is 18.4 Å². The smallest absolute Gasteiger partial charge is 0.258 e. The number of aryl methyl sites for hydroxylation is 2. The molecular weight excluding hydrogens is 290 g/mol. The molecule has 0 bridgehead atoms. The molecule has 1 amide bonds. The van der Waals surface area contributed by atoms with E-state index in [1.165, 1.54) is 0 Å². The van der Waals surface area contributed by atoms with Gasteiger partial charge in [-0.25, -0.2) is 4.98 Å². The maximum atomic E-state index is 11.9. The normalized spacial score (nSPS) is 10.7. The number of carbonyl (C=O) groups is 1. The highest BCUT2D eigenvalue weighted by Gasteiger charge is 2.09. The average Bonchev–Trinajstić information content (AvgIpc) is 2.89. The minimum Gasteiger partial charge on any atom is -0.484 e. The molecule has 0 atom stereocenters. The molecule has 3 aromatic rings. The third-order valence-electron chi connectivity index (χ3n) is 3.71.